The molecule has 3 aromatic carbocycles. The summed E-state index contributed by atoms with van der Waals surface area (Å²) in [6.45, 7) is 2.37. The number of methoxy groups -OCH3 is 1. The Morgan fingerprint density at radius 2 is 1.09 bits per heavy atom. The van der Waals surface area contributed by atoms with Crippen molar-refractivity contribution in [1.82, 2.24) is 0 Å². The van der Waals surface area contributed by atoms with E-state index in [1.807, 2.05) is 6.07 Å². The minimum Gasteiger partial charge on any atom is -0.870 e. The van der Waals surface area contributed by atoms with Crippen LogP contribution in [0.2, 0.25) is 0 Å². The van der Waals surface area contributed by atoms with Gasteiger partial charge in [-0.05, 0) is 36.4 Å². The highest BCUT2D eigenvalue weighted by Crippen LogP contribution is 2.53. The van der Waals surface area contributed by atoms with Crippen LogP contribution in [0.25, 0.3) is 0 Å². The van der Waals surface area contributed by atoms with Gasteiger partial charge in [0.25, 0.3) is 0 Å². The van der Waals surface area contributed by atoms with Crippen molar-refractivity contribution in [3.63, 3.8) is 0 Å². The Kier molecular flexibility index (Phi) is 5.54. The van der Waals surface area contributed by atoms with Crippen LogP contribution < -0.4 is 20.7 Å². The average molecular weight is 324 g/mol. The van der Waals surface area contributed by atoms with Crippen molar-refractivity contribution >= 4 is 23.2 Å². The van der Waals surface area contributed by atoms with E-state index >= 15 is 0 Å². The monoisotopic (exact) mass is 324 g/mol. The van der Waals surface area contributed by atoms with E-state index in [1.165, 1.54) is 15.9 Å². The summed E-state index contributed by atoms with van der Waals surface area (Å²) in [7, 11) is 0.0436. The summed E-state index contributed by atoms with van der Waals surface area (Å²) < 4.78 is 5.66. The van der Waals surface area contributed by atoms with E-state index in [2.05, 4.69) is 85.5 Å². The molecule has 0 unspecified atom stereocenters. The van der Waals surface area contributed by atoms with Gasteiger partial charge in [0.05, 0.1) is 13.8 Å². The first kappa shape index (κ1) is 17.2. The fourth-order valence-corrected chi connectivity index (χ4v) is 6.26. The molecule has 0 spiro atoms. The van der Waals surface area contributed by atoms with Gasteiger partial charge in [0.1, 0.15) is 23.2 Å². The molecule has 0 bridgehead atoms. The van der Waals surface area contributed by atoms with Gasteiger partial charge in [0, 0.05) is 0 Å². The molecular formula is C20H21O2P. The maximum absolute atomic E-state index is 5.66. The Balaban J connectivity index is 0.00000192. The first-order valence-electron chi connectivity index (χ1n) is 7.38. The summed E-state index contributed by atoms with van der Waals surface area (Å²) in [6, 6.07) is 29.9. The fraction of sp³-hybridized carbons (Fsp3) is 0.100. The summed E-state index contributed by atoms with van der Waals surface area (Å²) in [5, 5.41) is 4.02. The SMILES string of the molecule is COc1ccccc1[P+](C)(c1ccccc1)c1ccccc1.[OH-]. The fourth-order valence-electron chi connectivity index (χ4n) is 2.88. The highest BCUT2D eigenvalue weighted by molar-refractivity contribution is 7.95. The lowest BCUT2D eigenvalue weighted by molar-refractivity contribution is 0.418. The van der Waals surface area contributed by atoms with Gasteiger partial charge in [0.15, 0.2) is 5.75 Å². The zero-order valence-electron chi connectivity index (χ0n) is 13.4. The molecule has 0 aliphatic heterocycles. The van der Waals surface area contributed by atoms with Crippen LogP contribution in [0.3, 0.4) is 0 Å². The summed E-state index contributed by atoms with van der Waals surface area (Å²) in [5.41, 5.74) is 0. The molecule has 0 amide bonds. The topological polar surface area (TPSA) is 39.2 Å². The van der Waals surface area contributed by atoms with E-state index in [4.69, 9.17) is 4.74 Å². The van der Waals surface area contributed by atoms with E-state index in [1.54, 1.807) is 7.11 Å². The lowest BCUT2D eigenvalue weighted by Gasteiger charge is -2.24. The molecule has 0 radical (unpaired) electrons. The standard InChI is InChI=1S/C20H20OP.H2O/c1-21-19-15-9-10-16-20(19)22(2,17-11-5-3-6-12-17)18-13-7-4-8-14-18;/h3-16H,1-2H3;1H2/q+1;/p-1. The Hall–Kier alpha value is -2.15. The third-order valence-corrected chi connectivity index (χ3v) is 8.11. The number of hydrogen-bond acceptors (Lipinski definition) is 2. The maximum atomic E-state index is 5.66. The predicted octanol–water partition coefficient (Wildman–Crippen LogP) is 3.44. The number of rotatable bonds is 4. The molecule has 0 aromatic heterocycles. The Morgan fingerprint density at radius 3 is 1.57 bits per heavy atom. The van der Waals surface area contributed by atoms with Crippen LogP contribution >= 0.6 is 7.26 Å². The van der Waals surface area contributed by atoms with Crippen LogP contribution in [0.4, 0.5) is 0 Å². The van der Waals surface area contributed by atoms with Crippen molar-refractivity contribution in [2.75, 3.05) is 13.8 Å². The molecule has 0 aliphatic rings. The summed E-state index contributed by atoms with van der Waals surface area (Å²) in [4.78, 5) is 0. The largest absolute Gasteiger partial charge is 0.870 e. The van der Waals surface area contributed by atoms with E-state index in [0.29, 0.717) is 0 Å². The van der Waals surface area contributed by atoms with Crippen LogP contribution in [0, 0.1) is 0 Å². The van der Waals surface area contributed by atoms with Gasteiger partial charge in [-0.2, -0.15) is 0 Å². The quantitative estimate of drug-likeness (QED) is 0.690. The zero-order chi connectivity index (χ0) is 15.4. The number of para-hydroxylation sites is 1. The molecule has 0 heterocycles. The average Bonchev–Trinajstić information content (AvgIpc) is 2.62. The second kappa shape index (κ2) is 7.41. The van der Waals surface area contributed by atoms with Gasteiger partial charge in [0.2, 0.25) is 0 Å². The molecule has 3 rings (SSSR count). The van der Waals surface area contributed by atoms with Crippen molar-refractivity contribution in [3.05, 3.63) is 84.9 Å². The molecule has 0 saturated carbocycles. The van der Waals surface area contributed by atoms with E-state index in [0.717, 1.165) is 5.75 Å². The maximum Gasteiger partial charge on any atom is 0.161 e. The third kappa shape index (κ3) is 3.14. The molecule has 1 N–H and O–H groups in total. The lowest BCUT2D eigenvalue weighted by Crippen LogP contribution is -2.31. The molecule has 0 saturated heterocycles. The van der Waals surface area contributed by atoms with Crippen molar-refractivity contribution in [2.24, 2.45) is 0 Å². The van der Waals surface area contributed by atoms with Gasteiger partial charge >= 0.3 is 0 Å². The van der Waals surface area contributed by atoms with Crippen molar-refractivity contribution in [3.8, 4) is 5.75 Å². The second-order valence-electron chi connectivity index (χ2n) is 5.35. The van der Waals surface area contributed by atoms with Crippen molar-refractivity contribution in [2.45, 2.75) is 0 Å². The summed E-state index contributed by atoms with van der Waals surface area (Å²) in [6.07, 6.45) is 0. The number of hydrogen-bond donors (Lipinski definition) is 0. The first-order chi connectivity index (χ1) is 10.8. The molecule has 0 fully saturated rings. The van der Waals surface area contributed by atoms with E-state index < -0.39 is 7.26 Å². The van der Waals surface area contributed by atoms with Gasteiger partial charge < -0.3 is 10.2 Å². The molecular weight excluding hydrogens is 303 g/mol. The van der Waals surface area contributed by atoms with Crippen molar-refractivity contribution in [1.29, 1.82) is 0 Å². The van der Waals surface area contributed by atoms with Gasteiger partial charge in [-0.1, -0.05) is 48.5 Å². The number of benzene rings is 3. The minimum absolute atomic E-state index is 0. The molecule has 118 valence electrons. The normalized spacial score (nSPS) is 10.7. The predicted molar refractivity (Wildman–Crippen MR) is 99.6 cm³/mol. The first-order valence-corrected chi connectivity index (χ1v) is 9.62. The highest BCUT2D eigenvalue weighted by Gasteiger charge is 2.42. The number of ether oxygens (including phenoxy) is 1. The lowest BCUT2D eigenvalue weighted by atomic mass is 10.3. The molecule has 0 aliphatic carbocycles. The Morgan fingerprint density at radius 1 is 0.652 bits per heavy atom. The van der Waals surface area contributed by atoms with Crippen LogP contribution in [-0.4, -0.2) is 19.3 Å². The summed E-state index contributed by atoms with van der Waals surface area (Å²) >= 11 is 0. The zero-order valence-corrected chi connectivity index (χ0v) is 14.3. The van der Waals surface area contributed by atoms with Gasteiger partial charge in [-0.25, -0.2) is 0 Å². The molecule has 23 heavy (non-hydrogen) atoms. The van der Waals surface area contributed by atoms with Crippen molar-refractivity contribution < 1.29 is 10.2 Å². The molecule has 3 heteroatoms. The van der Waals surface area contributed by atoms with Crippen LogP contribution in [0.5, 0.6) is 5.75 Å². The second-order valence-corrected chi connectivity index (χ2v) is 8.88. The van der Waals surface area contributed by atoms with Gasteiger partial charge in [-0.3, -0.25) is 0 Å². The Labute approximate surface area is 138 Å². The molecule has 3 aromatic rings. The van der Waals surface area contributed by atoms with Crippen LogP contribution in [0.1, 0.15) is 0 Å². The van der Waals surface area contributed by atoms with Crippen LogP contribution in [-0.2, 0) is 0 Å². The summed E-state index contributed by atoms with van der Waals surface area (Å²) in [5.74, 6) is 0.964. The third-order valence-electron chi connectivity index (χ3n) is 4.11. The smallest absolute Gasteiger partial charge is 0.161 e. The molecule has 0 atom stereocenters. The van der Waals surface area contributed by atoms with Gasteiger partial charge in [-0.15, -0.1) is 0 Å². The van der Waals surface area contributed by atoms with Crippen LogP contribution in [0.15, 0.2) is 84.9 Å². The minimum atomic E-state index is -1.71. The van der Waals surface area contributed by atoms with E-state index in [-0.39, 0.29) is 5.48 Å². The molecule has 2 nitrogen and oxygen atoms in total. The highest BCUT2D eigenvalue weighted by atomic mass is 31.2. The Bertz CT molecular complexity index is 702. The van der Waals surface area contributed by atoms with E-state index in [9.17, 15) is 0 Å².